The summed E-state index contributed by atoms with van der Waals surface area (Å²) in [4.78, 5) is 0. The van der Waals surface area contributed by atoms with Gasteiger partial charge in [-0.15, -0.1) is 0 Å². The molecule has 0 aliphatic carbocycles. The fourth-order valence-electron chi connectivity index (χ4n) is 1.99. The van der Waals surface area contributed by atoms with Gasteiger partial charge in [0, 0.05) is 16.6 Å². The molecule has 2 N–H and O–H groups in total. The fraction of sp³-hybridized carbons (Fsp3) is 0.647. The van der Waals surface area contributed by atoms with Gasteiger partial charge in [-0.05, 0) is 43.5 Å². The Morgan fingerprint density at radius 3 is 2.52 bits per heavy atom. The second-order valence-electron chi connectivity index (χ2n) is 6.00. The summed E-state index contributed by atoms with van der Waals surface area (Å²) < 4.78 is 6.93. The Labute approximate surface area is 137 Å². The second-order valence-corrected chi connectivity index (χ2v) is 6.91. The lowest BCUT2D eigenvalue weighted by Crippen LogP contribution is -2.34. The van der Waals surface area contributed by atoms with Gasteiger partial charge in [0.1, 0.15) is 12.4 Å². The third kappa shape index (κ3) is 6.37. The topological polar surface area (TPSA) is 41.5 Å². The van der Waals surface area contributed by atoms with E-state index in [1.165, 1.54) is 0 Å². The smallest absolute Gasteiger partial charge is 0.124 e. The van der Waals surface area contributed by atoms with Crippen LogP contribution in [0.4, 0.5) is 0 Å². The number of rotatable bonds is 9. The zero-order valence-corrected chi connectivity index (χ0v) is 15.2. The Morgan fingerprint density at radius 2 is 1.95 bits per heavy atom. The molecule has 0 fully saturated rings. The van der Waals surface area contributed by atoms with Gasteiger partial charge in [0.25, 0.3) is 0 Å². The monoisotopic (exact) mass is 357 g/mol. The Balaban J connectivity index is 2.72. The predicted octanol–water partition coefficient (Wildman–Crippen LogP) is 4.12. The first-order valence-corrected chi connectivity index (χ1v) is 8.53. The van der Waals surface area contributed by atoms with Gasteiger partial charge in [0.2, 0.25) is 0 Å². The van der Waals surface area contributed by atoms with Crippen molar-refractivity contribution in [2.45, 2.75) is 52.7 Å². The molecule has 4 heteroatoms. The highest BCUT2D eigenvalue weighted by Gasteiger charge is 2.23. The van der Waals surface area contributed by atoms with E-state index in [-0.39, 0.29) is 0 Å². The third-order valence-electron chi connectivity index (χ3n) is 3.70. The summed E-state index contributed by atoms with van der Waals surface area (Å²) in [6.07, 6.45) is 1.39. The van der Waals surface area contributed by atoms with Gasteiger partial charge in [-0.2, -0.15) is 0 Å². The summed E-state index contributed by atoms with van der Waals surface area (Å²) in [5.41, 5.74) is 0.370. The van der Waals surface area contributed by atoms with Gasteiger partial charge in [-0.3, -0.25) is 0 Å². The number of ether oxygens (including phenoxy) is 1. The number of aliphatic hydroxyl groups is 1. The minimum Gasteiger partial charge on any atom is -0.490 e. The molecule has 1 rings (SSSR count). The first-order chi connectivity index (χ1) is 9.90. The second kappa shape index (κ2) is 8.76. The van der Waals surface area contributed by atoms with Crippen molar-refractivity contribution in [2.24, 2.45) is 5.92 Å². The van der Waals surface area contributed by atoms with E-state index in [2.05, 4.69) is 41.2 Å². The van der Waals surface area contributed by atoms with Crippen LogP contribution in [0.3, 0.4) is 0 Å². The van der Waals surface area contributed by atoms with Gasteiger partial charge in [-0.1, -0.05) is 43.6 Å². The van der Waals surface area contributed by atoms with Crippen molar-refractivity contribution in [3.8, 4) is 5.75 Å². The zero-order chi connectivity index (χ0) is 15.9. The molecule has 0 spiro atoms. The molecule has 0 saturated carbocycles. The minimum absolute atomic E-state index is 0.332. The van der Waals surface area contributed by atoms with E-state index in [0.717, 1.165) is 28.9 Å². The maximum atomic E-state index is 10.3. The van der Waals surface area contributed by atoms with E-state index in [1.54, 1.807) is 0 Å². The molecule has 120 valence electrons. The van der Waals surface area contributed by atoms with Crippen molar-refractivity contribution in [3.63, 3.8) is 0 Å². The van der Waals surface area contributed by atoms with Crippen molar-refractivity contribution in [2.75, 3.05) is 13.2 Å². The van der Waals surface area contributed by atoms with E-state index in [4.69, 9.17) is 4.74 Å². The minimum atomic E-state index is -0.740. The standard InChI is InChI=1S/C17H28BrNO2/c1-5-17(20,6-2)12-21-16-8-7-15(18)9-14(16)11-19-10-13(3)4/h7-9,13,19-20H,5-6,10-12H2,1-4H3. The quantitative estimate of drug-likeness (QED) is 0.698. The molecule has 3 nitrogen and oxygen atoms in total. The lowest BCUT2D eigenvalue weighted by Gasteiger charge is -2.26. The van der Waals surface area contributed by atoms with Crippen LogP contribution in [0.1, 0.15) is 46.1 Å². The molecule has 0 saturated heterocycles. The highest BCUT2D eigenvalue weighted by atomic mass is 79.9. The van der Waals surface area contributed by atoms with E-state index in [0.29, 0.717) is 25.4 Å². The molecule has 0 heterocycles. The van der Waals surface area contributed by atoms with Crippen LogP contribution in [-0.2, 0) is 6.54 Å². The first-order valence-electron chi connectivity index (χ1n) is 7.74. The van der Waals surface area contributed by atoms with Crippen LogP contribution in [0.25, 0.3) is 0 Å². The van der Waals surface area contributed by atoms with Gasteiger partial charge in [0.15, 0.2) is 0 Å². The zero-order valence-electron chi connectivity index (χ0n) is 13.6. The normalized spacial score (nSPS) is 12.0. The maximum absolute atomic E-state index is 10.3. The number of halogens is 1. The average molecular weight is 358 g/mol. The molecular formula is C17H28BrNO2. The summed E-state index contributed by atoms with van der Waals surface area (Å²) in [5, 5.41) is 13.8. The molecule has 0 aliphatic heterocycles. The summed E-state index contributed by atoms with van der Waals surface area (Å²) in [6.45, 7) is 10.4. The molecule has 21 heavy (non-hydrogen) atoms. The lowest BCUT2D eigenvalue weighted by atomic mass is 9.99. The van der Waals surface area contributed by atoms with Crippen LogP contribution in [0.5, 0.6) is 5.75 Å². The molecule has 0 amide bonds. The molecule has 0 unspecified atom stereocenters. The van der Waals surface area contributed by atoms with Crippen molar-refractivity contribution in [1.29, 1.82) is 0 Å². The Kier molecular flexibility index (Phi) is 7.71. The molecule has 0 bridgehead atoms. The predicted molar refractivity (Wildman–Crippen MR) is 91.7 cm³/mol. The maximum Gasteiger partial charge on any atom is 0.124 e. The number of hydrogen-bond donors (Lipinski definition) is 2. The summed E-state index contributed by atoms with van der Waals surface area (Å²) in [5.74, 6) is 1.46. The average Bonchev–Trinajstić information content (AvgIpc) is 2.45. The number of nitrogens with one attached hydrogen (secondary N) is 1. The van der Waals surface area contributed by atoms with E-state index < -0.39 is 5.60 Å². The molecular weight excluding hydrogens is 330 g/mol. The van der Waals surface area contributed by atoms with Crippen LogP contribution in [0.2, 0.25) is 0 Å². The van der Waals surface area contributed by atoms with Crippen LogP contribution in [0.15, 0.2) is 22.7 Å². The summed E-state index contributed by atoms with van der Waals surface area (Å²) in [7, 11) is 0. The third-order valence-corrected chi connectivity index (χ3v) is 4.20. The SMILES string of the molecule is CCC(O)(CC)COc1ccc(Br)cc1CNCC(C)C. The molecule has 0 atom stereocenters. The molecule has 1 aromatic rings. The first kappa shape index (κ1) is 18.5. The van der Waals surface area contributed by atoms with Gasteiger partial charge in [0.05, 0.1) is 5.60 Å². The Morgan fingerprint density at radius 1 is 1.29 bits per heavy atom. The Bertz CT molecular complexity index is 431. The highest BCUT2D eigenvalue weighted by molar-refractivity contribution is 9.10. The van der Waals surface area contributed by atoms with Crippen molar-refractivity contribution >= 4 is 15.9 Å². The molecule has 0 radical (unpaired) electrons. The van der Waals surface area contributed by atoms with Crippen LogP contribution in [0, 0.1) is 5.92 Å². The highest BCUT2D eigenvalue weighted by Crippen LogP contribution is 2.25. The molecule has 0 aromatic heterocycles. The van der Waals surface area contributed by atoms with E-state index >= 15 is 0 Å². The number of benzene rings is 1. The van der Waals surface area contributed by atoms with Gasteiger partial charge < -0.3 is 15.2 Å². The lowest BCUT2D eigenvalue weighted by molar-refractivity contribution is -0.0116. The molecule has 0 aliphatic rings. The van der Waals surface area contributed by atoms with Crippen LogP contribution in [-0.4, -0.2) is 23.9 Å². The van der Waals surface area contributed by atoms with Crippen LogP contribution >= 0.6 is 15.9 Å². The van der Waals surface area contributed by atoms with Gasteiger partial charge >= 0.3 is 0 Å². The number of hydrogen-bond acceptors (Lipinski definition) is 3. The van der Waals surface area contributed by atoms with Crippen molar-refractivity contribution in [1.82, 2.24) is 5.32 Å². The summed E-state index contributed by atoms with van der Waals surface area (Å²) >= 11 is 3.50. The largest absolute Gasteiger partial charge is 0.490 e. The summed E-state index contributed by atoms with van der Waals surface area (Å²) in [6, 6.07) is 6.00. The van der Waals surface area contributed by atoms with Gasteiger partial charge in [-0.25, -0.2) is 0 Å². The molecule has 1 aromatic carbocycles. The van der Waals surface area contributed by atoms with E-state index in [9.17, 15) is 5.11 Å². The van der Waals surface area contributed by atoms with E-state index in [1.807, 2.05) is 26.0 Å². The van der Waals surface area contributed by atoms with Crippen molar-refractivity contribution in [3.05, 3.63) is 28.2 Å². The fourth-order valence-corrected chi connectivity index (χ4v) is 2.40. The van der Waals surface area contributed by atoms with Crippen LogP contribution < -0.4 is 10.1 Å². The van der Waals surface area contributed by atoms with Crippen molar-refractivity contribution < 1.29 is 9.84 Å². The Hall–Kier alpha value is -0.580.